The van der Waals surface area contributed by atoms with Crippen molar-refractivity contribution < 1.29 is 24.2 Å². The van der Waals surface area contributed by atoms with Crippen molar-refractivity contribution in [3.63, 3.8) is 0 Å². The quantitative estimate of drug-likeness (QED) is 0.681. The van der Waals surface area contributed by atoms with Crippen molar-refractivity contribution in [2.75, 3.05) is 24.6 Å². The number of likely N-dealkylation sites (tertiary alicyclic amines) is 1. The molecule has 7 nitrogen and oxygen atoms in total. The van der Waals surface area contributed by atoms with Crippen LogP contribution >= 0.6 is 34.8 Å². The number of halogens is 3. The molecule has 5 rings (SSSR count). The van der Waals surface area contributed by atoms with Gasteiger partial charge in [0.2, 0.25) is 0 Å². The van der Waals surface area contributed by atoms with Crippen molar-refractivity contribution in [3.8, 4) is 5.75 Å². The van der Waals surface area contributed by atoms with Gasteiger partial charge in [-0.1, -0.05) is 34.8 Å². The fourth-order valence-corrected chi connectivity index (χ4v) is 5.42. The van der Waals surface area contributed by atoms with Crippen LogP contribution in [-0.2, 0) is 16.0 Å². The number of hydrogen-bond acceptors (Lipinski definition) is 6. The lowest BCUT2D eigenvalue weighted by Crippen LogP contribution is -2.39. The summed E-state index contributed by atoms with van der Waals surface area (Å²) in [5.74, 6) is -0.0597. The molecule has 1 unspecified atom stereocenters. The molecule has 1 N–H and O–H groups in total. The third-order valence-electron chi connectivity index (χ3n) is 6.11. The van der Waals surface area contributed by atoms with Gasteiger partial charge < -0.3 is 14.6 Å². The number of amides is 2. The summed E-state index contributed by atoms with van der Waals surface area (Å²) in [5, 5.41) is 11.4. The van der Waals surface area contributed by atoms with Gasteiger partial charge in [0, 0.05) is 28.7 Å². The Balaban J connectivity index is 1.47. The number of ether oxygens (including phenoxy) is 2. The van der Waals surface area contributed by atoms with E-state index in [1.54, 1.807) is 18.2 Å². The Morgan fingerprint density at radius 1 is 1.09 bits per heavy atom. The fourth-order valence-electron chi connectivity index (χ4n) is 4.61. The van der Waals surface area contributed by atoms with Crippen LogP contribution in [0.15, 0.2) is 30.3 Å². The largest absolute Gasteiger partial charge is 0.482 e. The molecule has 2 heterocycles. The van der Waals surface area contributed by atoms with Crippen molar-refractivity contribution in [2.24, 2.45) is 0 Å². The molecule has 0 aromatic heterocycles. The number of aliphatic hydroxyl groups is 1. The second kappa shape index (κ2) is 8.39. The number of nitrogens with zero attached hydrogens (tertiary/aromatic N) is 2. The van der Waals surface area contributed by atoms with Crippen LogP contribution in [-0.4, -0.2) is 53.8 Å². The van der Waals surface area contributed by atoms with Crippen LogP contribution in [0, 0.1) is 0 Å². The molecule has 2 aromatic rings. The summed E-state index contributed by atoms with van der Waals surface area (Å²) < 4.78 is 11.1. The Hall–Kier alpha value is -2.03. The molecule has 10 heteroatoms. The van der Waals surface area contributed by atoms with Gasteiger partial charge in [-0.2, -0.15) is 0 Å². The zero-order chi connectivity index (χ0) is 22.6. The Bertz CT molecular complexity index is 1100. The molecule has 2 saturated heterocycles. The Kier molecular flexibility index (Phi) is 5.72. The first kappa shape index (κ1) is 21.8. The van der Waals surface area contributed by atoms with Crippen LogP contribution in [0.5, 0.6) is 5.75 Å². The average Bonchev–Trinajstić information content (AvgIpc) is 3.41. The van der Waals surface area contributed by atoms with Crippen molar-refractivity contribution >= 4 is 52.5 Å². The van der Waals surface area contributed by atoms with Gasteiger partial charge in [-0.15, -0.1) is 0 Å². The molecule has 2 fully saturated rings. The van der Waals surface area contributed by atoms with E-state index in [0.717, 1.165) is 22.6 Å². The van der Waals surface area contributed by atoms with Gasteiger partial charge in [0.15, 0.2) is 6.61 Å². The van der Waals surface area contributed by atoms with Crippen molar-refractivity contribution in [1.29, 1.82) is 0 Å². The molecule has 0 spiro atoms. The van der Waals surface area contributed by atoms with E-state index in [4.69, 9.17) is 44.3 Å². The lowest BCUT2D eigenvalue weighted by molar-refractivity contribution is -0.117. The van der Waals surface area contributed by atoms with E-state index >= 15 is 0 Å². The van der Waals surface area contributed by atoms with Crippen LogP contribution in [0.2, 0.25) is 15.1 Å². The summed E-state index contributed by atoms with van der Waals surface area (Å²) in [5.41, 5.74) is 2.16. The number of fused-ring (bicyclic) bond motifs is 1. The molecule has 2 amide bonds. The summed E-state index contributed by atoms with van der Waals surface area (Å²) >= 11 is 19.2. The summed E-state index contributed by atoms with van der Waals surface area (Å²) in [4.78, 5) is 26.9. The standard InChI is InChI=1S/C22H19Cl3N2O5/c23-11-5-15-14(16(24)6-11)8-18(26-4-3-13(28)9-26)21(15)32-19-2-1-12(7-17(19)25)27-20(29)10-31-22(27)30/h1-2,5-7,13,18,21,28H,3-4,8-10H2/t13-,18?,21+/m1/s1. The van der Waals surface area contributed by atoms with Gasteiger partial charge in [0.25, 0.3) is 5.91 Å². The second-order valence-corrected chi connectivity index (χ2v) is 9.35. The van der Waals surface area contributed by atoms with Crippen LogP contribution in [0.1, 0.15) is 23.7 Å². The van der Waals surface area contributed by atoms with E-state index < -0.39 is 18.1 Å². The summed E-state index contributed by atoms with van der Waals surface area (Å²) in [7, 11) is 0. The Morgan fingerprint density at radius 2 is 1.91 bits per heavy atom. The van der Waals surface area contributed by atoms with Crippen molar-refractivity contribution in [1.82, 2.24) is 4.90 Å². The molecule has 2 aliphatic heterocycles. The SMILES string of the molecule is O=C1COC(=O)N1c1ccc(O[C@H]2c3cc(Cl)cc(Cl)c3CC2N2CC[C@@H](O)C2)c(Cl)c1. The number of β-amino-alcohol motifs (C(OH)–C–C–N with tert-alkyl or cyclic N) is 1. The summed E-state index contributed by atoms with van der Waals surface area (Å²) in [6.45, 7) is 1.01. The second-order valence-electron chi connectivity index (χ2n) is 8.10. The van der Waals surface area contributed by atoms with Gasteiger partial charge in [0.1, 0.15) is 11.9 Å². The van der Waals surface area contributed by atoms with E-state index in [0.29, 0.717) is 40.9 Å². The van der Waals surface area contributed by atoms with Gasteiger partial charge in [-0.3, -0.25) is 9.69 Å². The average molecular weight is 498 g/mol. The van der Waals surface area contributed by atoms with Crippen LogP contribution < -0.4 is 9.64 Å². The lowest BCUT2D eigenvalue weighted by Gasteiger charge is -2.30. The maximum Gasteiger partial charge on any atom is 0.421 e. The first-order valence-electron chi connectivity index (χ1n) is 10.2. The highest BCUT2D eigenvalue weighted by atomic mass is 35.5. The van der Waals surface area contributed by atoms with Gasteiger partial charge in [-0.05, 0) is 48.7 Å². The number of rotatable bonds is 4. The molecule has 168 valence electrons. The van der Waals surface area contributed by atoms with Gasteiger partial charge in [-0.25, -0.2) is 9.69 Å². The minimum Gasteiger partial charge on any atom is -0.482 e. The number of cyclic esters (lactones) is 1. The van der Waals surface area contributed by atoms with E-state index in [-0.39, 0.29) is 23.8 Å². The molecular weight excluding hydrogens is 479 g/mol. The molecule has 2 aromatic carbocycles. The monoisotopic (exact) mass is 496 g/mol. The highest BCUT2D eigenvalue weighted by Crippen LogP contribution is 2.44. The van der Waals surface area contributed by atoms with Gasteiger partial charge >= 0.3 is 6.09 Å². The fraction of sp³-hybridized carbons (Fsp3) is 0.364. The summed E-state index contributed by atoms with van der Waals surface area (Å²) in [6.07, 6.45) is -0.163. The van der Waals surface area contributed by atoms with E-state index in [1.165, 1.54) is 6.07 Å². The zero-order valence-corrected chi connectivity index (χ0v) is 19.0. The van der Waals surface area contributed by atoms with Crippen molar-refractivity contribution in [2.45, 2.75) is 31.1 Å². The topological polar surface area (TPSA) is 79.3 Å². The maximum atomic E-state index is 11.9. The number of aliphatic hydroxyl groups excluding tert-OH is 1. The number of carbonyl (C=O) groups is 2. The van der Waals surface area contributed by atoms with Crippen LogP contribution in [0.3, 0.4) is 0 Å². The van der Waals surface area contributed by atoms with Crippen molar-refractivity contribution in [3.05, 3.63) is 56.5 Å². The molecule has 32 heavy (non-hydrogen) atoms. The van der Waals surface area contributed by atoms with Crippen LogP contribution in [0.25, 0.3) is 0 Å². The van der Waals surface area contributed by atoms with Gasteiger partial charge in [0.05, 0.1) is 22.9 Å². The Morgan fingerprint density at radius 3 is 2.56 bits per heavy atom. The first-order valence-corrected chi connectivity index (χ1v) is 11.3. The van der Waals surface area contributed by atoms with Crippen LogP contribution in [0.4, 0.5) is 10.5 Å². The lowest BCUT2D eigenvalue weighted by atomic mass is 10.1. The highest BCUT2D eigenvalue weighted by molar-refractivity contribution is 6.35. The van der Waals surface area contributed by atoms with E-state index in [1.807, 2.05) is 6.07 Å². The number of carbonyl (C=O) groups excluding carboxylic acids is 2. The maximum absolute atomic E-state index is 11.9. The van der Waals surface area contributed by atoms with E-state index in [9.17, 15) is 14.7 Å². The molecule has 0 radical (unpaired) electrons. The smallest absolute Gasteiger partial charge is 0.421 e. The highest BCUT2D eigenvalue weighted by Gasteiger charge is 2.42. The predicted octanol–water partition coefficient (Wildman–Crippen LogP) is 4.24. The minimum absolute atomic E-state index is 0.0519. The molecule has 3 aliphatic rings. The number of anilines is 1. The number of hydrogen-bond donors (Lipinski definition) is 1. The molecule has 3 atom stereocenters. The molecule has 0 saturated carbocycles. The molecular formula is C22H19Cl3N2O5. The third kappa shape index (κ3) is 3.82. The zero-order valence-electron chi connectivity index (χ0n) is 16.8. The molecule has 0 bridgehead atoms. The third-order valence-corrected chi connectivity index (χ3v) is 6.96. The minimum atomic E-state index is -0.735. The Labute approximate surface area is 199 Å². The first-order chi connectivity index (χ1) is 15.3. The number of imide groups is 1. The number of benzene rings is 2. The summed E-state index contributed by atoms with van der Waals surface area (Å²) in [6, 6.07) is 8.22. The normalized spacial score (nSPS) is 25.4. The van der Waals surface area contributed by atoms with E-state index in [2.05, 4.69) is 4.90 Å². The predicted molar refractivity (Wildman–Crippen MR) is 120 cm³/mol. The molecule has 1 aliphatic carbocycles.